The molecule has 10 heavy (non-hydrogen) atoms. The Balaban J connectivity index is 2.14. The first-order valence-electron chi connectivity index (χ1n) is 4.03. The van der Waals surface area contributed by atoms with Gasteiger partial charge in [-0.1, -0.05) is 16.3 Å². The molecule has 4 unspecified atom stereocenters. The van der Waals surface area contributed by atoms with Crippen molar-refractivity contribution in [2.24, 2.45) is 5.92 Å². The molecule has 0 amide bonds. The van der Waals surface area contributed by atoms with Gasteiger partial charge in [0.1, 0.15) is 0 Å². The summed E-state index contributed by atoms with van der Waals surface area (Å²) in [5.74, 6) is 0.887. The summed E-state index contributed by atoms with van der Waals surface area (Å²) in [4.78, 5) is 0. The summed E-state index contributed by atoms with van der Waals surface area (Å²) in [6.07, 6.45) is 1.38. The fourth-order valence-electron chi connectivity index (χ4n) is 2.17. The fourth-order valence-corrected chi connectivity index (χ4v) is 2.79. The number of nitrogens with one attached hydrogen (secondary N) is 1. The first kappa shape index (κ1) is 7.02. The smallest absolute Gasteiger partial charge is 0.0284 e. The third-order valence-corrected chi connectivity index (χ3v) is 3.64. The highest BCUT2D eigenvalue weighted by Crippen LogP contribution is 2.33. The Kier molecular flexibility index (Phi) is 1.71. The predicted molar refractivity (Wildman–Crippen MR) is 45.8 cm³/mol. The van der Waals surface area contributed by atoms with E-state index < -0.39 is 0 Å². The summed E-state index contributed by atoms with van der Waals surface area (Å²) >= 11 is 0. The molecule has 2 bridgehead atoms. The van der Waals surface area contributed by atoms with Gasteiger partial charge in [-0.15, -0.1) is 0 Å². The normalized spacial score (nSPS) is 48.0. The second kappa shape index (κ2) is 2.44. The van der Waals surface area contributed by atoms with Crippen molar-refractivity contribution in [3.8, 4) is 0 Å². The Hall–Kier alpha value is 0.350. The molecule has 4 atom stereocenters. The molecule has 2 nitrogen and oxygen atoms in total. The van der Waals surface area contributed by atoms with E-state index in [4.69, 9.17) is 0 Å². The summed E-state index contributed by atoms with van der Waals surface area (Å²) in [5.41, 5.74) is 0. The quantitative estimate of drug-likeness (QED) is 0.515. The molecule has 2 rings (SSSR count). The van der Waals surface area contributed by atoms with Crippen LogP contribution in [0.1, 0.15) is 13.3 Å². The Labute approximate surface area is 64.6 Å². The monoisotopic (exact) mass is 158 g/mol. The molecule has 2 heterocycles. The molecule has 2 aliphatic heterocycles. The number of hydrogen-bond acceptors (Lipinski definition) is 2. The Morgan fingerprint density at radius 1 is 1.50 bits per heavy atom. The van der Waals surface area contributed by atoms with Gasteiger partial charge in [-0.05, 0) is 12.3 Å². The highest BCUT2D eigenvalue weighted by molar-refractivity contribution is 7.13. The van der Waals surface area contributed by atoms with Crippen LogP contribution in [0.4, 0.5) is 0 Å². The largest absolute Gasteiger partial charge is 0.314 e. The zero-order valence-corrected chi connectivity index (χ0v) is 7.53. The van der Waals surface area contributed by atoms with E-state index in [0.717, 1.165) is 18.0 Å². The molecular formula is C7H15N2P. The van der Waals surface area contributed by atoms with Crippen LogP contribution >= 0.6 is 9.39 Å². The lowest BCUT2D eigenvalue weighted by Gasteiger charge is -2.31. The molecule has 0 saturated carbocycles. The number of piperazine rings is 1. The second-order valence-electron chi connectivity index (χ2n) is 3.54. The van der Waals surface area contributed by atoms with Gasteiger partial charge in [0, 0.05) is 25.2 Å². The maximum absolute atomic E-state index is 3.45. The maximum Gasteiger partial charge on any atom is 0.0284 e. The molecule has 0 aliphatic carbocycles. The fraction of sp³-hybridized carbons (Fsp3) is 1.00. The summed E-state index contributed by atoms with van der Waals surface area (Å²) in [7, 11) is 2.86. The van der Waals surface area contributed by atoms with Gasteiger partial charge in [0.25, 0.3) is 0 Å². The number of nitrogens with zero attached hydrogens (tertiary/aromatic N) is 1. The summed E-state index contributed by atoms with van der Waals surface area (Å²) in [6.45, 7) is 4.72. The molecule has 58 valence electrons. The van der Waals surface area contributed by atoms with Crippen molar-refractivity contribution in [3.63, 3.8) is 0 Å². The van der Waals surface area contributed by atoms with Crippen molar-refractivity contribution in [1.29, 1.82) is 0 Å². The summed E-state index contributed by atoms with van der Waals surface area (Å²) < 4.78 is 2.46. The molecule has 0 radical (unpaired) electrons. The molecular weight excluding hydrogens is 143 g/mol. The van der Waals surface area contributed by atoms with Gasteiger partial charge in [-0.25, -0.2) is 0 Å². The van der Waals surface area contributed by atoms with E-state index in [9.17, 15) is 0 Å². The molecule has 3 heteroatoms. The van der Waals surface area contributed by atoms with Crippen molar-refractivity contribution < 1.29 is 0 Å². The molecule has 2 saturated heterocycles. The molecule has 0 spiro atoms. The van der Waals surface area contributed by atoms with Crippen molar-refractivity contribution in [1.82, 2.24) is 9.99 Å². The second-order valence-corrected chi connectivity index (χ2v) is 4.14. The van der Waals surface area contributed by atoms with Gasteiger partial charge in [0.2, 0.25) is 0 Å². The van der Waals surface area contributed by atoms with E-state index >= 15 is 0 Å². The molecule has 0 aromatic heterocycles. The van der Waals surface area contributed by atoms with E-state index in [1.165, 1.54) is 19.5 Å². The Bertz CT molecular complexity index is 140. The van der Waals surface area contributed by atoms with Crippen LogP contribution < -0.4 is 5.32 Å². The zero-order valence-electron chi connectivity index (χ0n) is 6.38. The Morgan fingerprint density at radius 2 is 2.30 bits per heavy atom. The van der Waals surface area contributed by atoms with Gasteiger partial charge in [-0.2, -0.15) is 0 Å². The van der Waals surface area contributed by atoms with Gasteiger partial charge >= 0.3 is 0 Å². The van der Waals surface area contributed by atoms with Crippen LogP contribution in [0.3, 0.4) is 0 Å². The number of hydrogen-bond donors (Lipinski definition) is 1. The predicted octanol–water partition coefficient (Wildman–Crippen LogP) is 0.459. The molecule has 2 fully saturated rings. The van der Waals surface area contributed by atoms with E-state index in [2.05, 4.69) is 26.3 Å². The molecule has 0 aromatic carbocycles. The standard InChI is InChI=1S/C7H15N2P/c1-5-2-6-3-8-4-7(5)9(6)10/h5-8H,2-4,10H2,1H3. The van der Waals surface area contributed by atoms with Crippen LogP contribution in [0, 0.1) is 5.92 Å². The lowest BCUT2D eigenvalue weighted by atomic mass is 10.0. The molecule has 0 aromatic rings. The van der Waals surface area contributed by atoms with Crippen molar-refractivity contribution in [2.75, 3.05) is 13.1 Å². The van der Waals surface area contributed by atoms with E-state index in [1.54, 1.807) is 0 Å². The molecule has 1 N–H and O–H groups in total. The first-order chi connectivity index (χ1) is 4.79. The minimum absolute atomic E-state index is 0.781. The summed E-state index contributed by atoms with van der Waals surface area (Å²) in [5, 5.41) is 3.45. The van der Waals surface area contributed by atoms with Gasteiger partial charge < -0.3 is 5.32 Å². The lowest BCUT2D eigenvalue weighted by Crippen LogP contribution is -2.47. The lowest BCUT2D eigenvalue weighted by molar-refractivity contribution is 0.271. The van der Waals surface area contributed by atoms with Crippen molar-refractivity contribution in [2.45, 2.75) is 25.4 Å². The first-order valence-corrected chi connectivity index (χ1v) is 4.54. The van der Waals surface area contributed by atoms with E-state index in [-0.39, 0.29) is 0 Å². The average molecular weight is 158 g/mol. The zero-order chi connectivity index (χ0) is 7.14. The van der Waals surface area contributed by atoms with Crippen LogP contribution in [-0.4, -0.2) is 29.8 Å². The van der Waals surface area contributed by atoms with Crippen LogP contribution in [0.15, 0.2) is 0 Å². The van der Waals surface area contributed by atoms with E-state index in [0.29, 0.717) is 0 Å². The SMILES string of the molecule is CC1CC2CNCC1N2P. The van der Waals surface area contributed by atoms with Crippen molar-refractivity contribution in [3.05, 3.63) is 0 Å². The average Bonchev–Trinajstić information content (AvgIpc) is 2.16. The minimum atomic E-state index is 0.781. The molecule has 2 aliphatic rings. The third kappa shape index (κ3) is 0.903. The third-order valence-electron chi connectivity index (χ3n) is 2.84. The Morgan fingerprint density at radius 3 is 2.90 bits per heavy atom. The van der Waals surface area contributed by atoms with Crippen molar-refractivity contribution >= 4 is 9.39 Å². The van der Waals surface area contributed by atoms with Gasteiger partial charge in [0.05, 0.1) is 0 Å². The maximum atomic E-state index is 3.45. The topological polar surface area (TPSA) is 15.3 Å². The number of rotatable bonds is 0. The van der Waals surface area contributed by atoms with Crippen LogP contribution in [-0.2, 0) is 0 Å². The summed E-state index contributed by atoms with van der Waals surface area (Å²) in [6, 6.07) is 1.57. The van der Waals surface area contributed by atoms with Gasteiger partial charge in [0.15, 0.2) is 0 Å². The highest BCUT2D eigenvalue weighted by atomic mass is 31.0. The highest BCUT2D eigenvalue weighted by Gasteiger charge is 2.38. The van der Waals surface area contributed by atoms with Crippen LogP contribution in [0.25, 0.3) is 0 Å². The number of fused-ring (bicyclic) bond motifs is 2. The van der Waals surface area contributed by atoms with Crippen LogP contribution in [0.5, 0.6) is 0 Å². The van der Waals surface area contributed by atoms with E-state index in [1.807, 2.05) is 0 Å². The minimum Gasteiger partial charge on any atom is -0.314 e. The van der Waals surface area contributed by atoms with Gasteiger partial charge in [-0.3, -0.25) is 4.67 Å². The van der Waals surface area contributed by atoms with Crippen LogP contribution in [0.2, 0.25) is 0 Å².